The Balaban J connectivity index is 2.85. The third-order valence-electron chi connectivity index (χ3n) is 2.50. The van der Waals surface area contributed by atoms with Crippen molar-refractivity contribution < 1.29 is 14.5 Å². The van der Waals surface area contributed by atoms with E-state index in [0.717, 1.165) is 6.07 Å². The second-order valence-corrected chi connectivity index (χ2v) is 4.87. The number of rotatable bonds is 5. The Labute approximate surface area is 124 Å². The van der Waals surface area contributed by atoms with E-state index in [2.05, 4.69) is 26.6 Å². The number of hydrogen-bond acceptors (Lipinski definition) is 4. The van der Waals surface area contributed by atoms with Crippen LogP contribution in [0.4, 0.5) is 5.69 Å². The second-order valence-electron chi connectivity index (χ2n) is 4.01. The molecule has 0 saturated carbocycles. The number of nitrogens with one attached hydrogen (secondary N) is 2. The van der Waals surface area contributed by atoms with E-state index in [1.807, 2.05) is 0 Å². The van der Waals surface area contributed by atoms with Crippen LogP contribution in [0.25, 0.3) is 0 Å². The molecule has 0 aliphatic heterocycles. The lowest BCUT2D eigenvalue weighted by Crippen LogP contribution is -2.44. The summed E-state index contributed by atoms with van der Waals surface area (Å²) < 4.78 is 0.288. The van der Waals surface area contributed by atoms with Crippen LogP contribution < -0.4 is 10.6 Å². The van der Waals surface area contributed by atoms with Gasteiger partial charge in [-0.25, -0.2) is 0 Å². The average molecular weight is 344 g/mol. The minimum atomic E-state index is -0.717. The van der Waals surface area contributed by atoms with Gasteiger partial charge in [-0.1, -0.05) is 0 Å². The van der Waals surface area contributed by atoms with Gasteiger partial charge >= 0.3 is 0 Å². The number of likely N-dealkylation sites (N-methyl/N-ethyl adjacent to an activating group) is 1. The molecule has 1 aromatic carbocycles. The van der Waals surface area contributed by atoms with Crippen LogP contribution in [-0.2, 0) is 4.79 Å². The van der Waals surface area contributed by atoms with Crippen LogP contribution >= 0.6 is 15.9 Å². The van der Waals surface area contributed by atoms with Crippen LogP contribution in [0.2, 0.25) is 0 Å². The molecule has 0 bridgehead atoms. The number of carbonyl (C=O) groups is 2. The van der Waals surface area contributed by atoms with Crippen molar-refractivity contribution >= 4 is 33.4 Å². The third-order valence-corrected chi connectivity index (χ3v) is 3.17. The molecule has 2 N–H and O–H groups in total. The van der Waals surface area contributed by atoms with Crippen LogP contribution in [0.15, 0.2) is 22.7 Å². The average Bonchev–Trinajstić information content (AvgIpc) is 2.38. The summed E-state index contributed by atoms with van der Waals surface area (Å²) in [5, 5.41) is 15.8. The maximum atomic E-state index is 11.9. The number of hydrogen-bond donors (Lipinski definition) is 2. The predicted octanol–water partition coefficient (Wildman–Crippen LogP) is 1.61. The summed E-state index contributed by atoms with van der Waals surface area (Å²) in [6.07, 6.45) is 0. The highest BCUT2D eigenvalue weighted by Crippen LogP contribution is 2.25. The molecule has 1 unspecified atom stereocenters. The van der Waals surface area contributed by atoms with Crippen LogP contribution in [-0.4, -0.2) is 29.3 Å². The Bertz CT molecular complexity index is 548. The first-order valence-corrected chi connectivity index (χ1v) is 6.68. The molecule has 0 aliphatic carbocycles. The molecule has 20 heavy (non-hydrogen) atoms. The van der Waals surface area contributed by atoms with Crippen molar-refractivity contribution in [1.29, 1.82) is 0 Å². The first-order valence-electron chi connectivity index (χ1n) is 5.89. The molecule has 0 saturated heterocycles. The van der Waals surface area contributed by atoms with Crippen LogP contribution in [0.3, 0.4) is 0 Å². The van der Waals surface area contributed by atoms with Gasteiger partial charge in [0.05, 0.1) is 9.40 Å². The number of nitrogens with zero attached hydrogens (tertiary/aromatic N) is 1. The molecular formula is C12H14BrN3O4. The van der Waals surface area contributed by atoms with Gasteiger partial charge in [0.25, 0.3) is 11.6 Å². The van der Waals surface area contributed by atoms with Crippen LogP contribution in [0.1, 0.15) is 24.2 Å². The van der Waals surface area contributed by atoms with E-state index in [9.17, 15) is 19.7 Å². The Kier molecular flexibility index (Phi) is 5.63. The molecule has 1 rings (SSSR count). The zero-order chi connectivity index (χ0) is 15.3. The van der Waals surface area contributed by atoms with Gasteiger partial charge in [-0.15, -0.1) is 0 Å². The number of nitro groups is 1. The summed E-state index contributed by atoms with van der Waals surface area (Å²) in [4.78, 5) is 33.6. The highest BCUT2D eigenvalue weighted by atomic mass is 79.9. The normalized spacial score (nSPS) is 11.6. The van der Waals surface area contributed by atoms with E-state index in [1.165, 1.54) is 19.1 Å². The highest BCUT2D eigenvalue weighted by molar-refractivity contribution is 9.10. The van der Waals surface area contributed by atoms with Gasteiger partial charge in [0.15, 0.2) is 0 Å². The fourth-order valence-corrected chi connectivity index (χ4v) is 1.86. The lowest BCUT2D eigenvalue weighted by molar-refractivity contribution is -0.385. The molecule has 2 amide bonds. The molecule has 0 spiro atoms. The molecule has 0 radical (unpaired) electrons. The van der Waals surface area contributed by atoms with Crippen molar-refractivity contribution in [2.45, 2.75) is 19.9 Å². The highest BCUT2D eigenvalue weighted by Gasteiger charge is 2.19. The summed E-state index contributed by atoms with van der Waals surface area (Å²) in [5.74, 6) is -0.855. The Morgan fingerprint density at radius 3 is 2.65 bits per heavy atom. The van der Waals surface area contributed by atoms with Crippen molar-refractivity contribution in [3.8, 4) is 0 Å². The zero-order valence-electron chi connectivity index (χ0n) is 11.0. The van der Waals surface area contributed by atoms with Gasteiger partial charge in [0.2, 0.25) is 5.91 Å². The first kappa shape index (κ1) is 16.1. The van der Waals surface area contributed by atoms with Crippen molar-refractivity contribution in [2.24, 2.45) is 0 Å². The zero-order valence-corrected chi connectivity index (χ0v) is 12.6. The largest absolute Gasteiger partial charge is 0.355 e. The molecule has 7 nitrogen and oxygen atoms in total. The summed E-state index contributed by atoms with van der Waals surface area (Å²) in [5.41, 5.74) is -0.0839. The Morgan fingerprint density at radius 1 is 1.45 bits per heavy atom. The summed E-state index contributed by atoms with van der Waals surface area (Å²) in [6.45, 7) is 3.77. The molecule has 0 aliphatic rings. The smallest absolute Gasteiger partial charge is 0.284 e. The van der Waals surface area contributed by atoms with E-state index < -0.39 is 16.9 Å². The van der Waals surface area contributed by atoms with Crippen LogP contribution in [0.5, 0.6) is 0 Å². The number of benzene rings is 1. The molecule has 8 heteroatoms. The van der Waals surface area contributed by atoms with Gasteiger partial charge in [0, 0.05) is 18.2 Å². The van der Waals surface area contributed by atoms with E-state index >= 15 is 0 Å². The third kappa shape index (κ3) is 4.02. The van der Waals surface area contributed by atoms with Gasteiger partial charge in [-0.3, -0.25) is 19.7 Å². The molecule has 1 aromatic rings. The molecule has 108 valence electrons. The van der Waals surface area contributed by atoms with Crippen molar-refractivity contribution in [3.63, 3.8) is 0 Å². The van der Waals surface area contributed by atoms with E-state index in [-0.39, 0.29) is 21.6 Å². The Morgan fingerprint density at radius 2 is 2.10 bits per heavy atom. The lowest BCUT2D eigenvalue weighted by atomic mass is 10.1. The van der Waals surface area contributed by atoms with Crippen molar-refractivity contribution in [3.05, 3.63) is 38.3 Å². The minimum absolute atomic E-state index is 0.121. The maximum Gasteiger partial charge on any atom is 0.284 e. The van der Waals surface area contributed by atoms with Gasteiger partial charge in [-0.05, 0) is 41.9 Å². The van der Waals surface area contributed by atoms with Gasteiger partial charge in [0.1, 0.15) is 6.04 Å². The summed E-state index contributed by atoms with van der Waals surface area (Å²) in [7, 11) is 0. The molecule has 0 heterocycles. The maximum absolute atomic E-state index is 11.9. The fourth-order valence-electron chi connectivity index (χ4n) is 1.47. The van der Waals surface area contributed by atoms with Crippen molar-refractivity contribution in [2.75, 3.05) is 6.54 Å². The monoisotopic (exact) mass is 343 g/mol. The lowest BCUT2D eigenvalue weighted by Gasteiger charge is -2.13. The van der Waals surface area contributed by atoms with E-state index in [4.69, 9.17) is 0 Å². The Hall–Kier alpha value is -1.96. The van der Waals surface area contributed by atoms with Gasteiger partial charge in [-0.2, -0.15) is 0 Å². The summed E-state index contributed by atoms with van der Waals surface area (Å²) in [6, 6.07) is 3.30. The van der Waals surface area contributed by atoms with Crippen molar-refractivity contribution in [1.82, 2.24) is 10.6 Å². The van der Waals surface area contributed by atoms with Gasteiger partial charge < -0.3 is 10.6 Å². The fraction of sp³-hybridized carbons (Fsp3) is 0.333. The quantitative estimate of drug-likeness (QED) is 0.626. The molecular weight excluding hydrogens is 330 g/mol. The molecule has 0 aromatic heterocycles. The SMILES string of the molecule is CCNC(=O)C(C)NC(=O)c1ccc(Br)c([N+](=O)[O-])c1. The standard InChI is InChI=1S/C12H14BrN3O4/c1-3-14-11(17)7(2)15-12(18)8-4-5-9(13)10(6-8)16(19)20/h4-7H,3H2,1-2H3,(H,14,17)(H,15,18). The molecule has 1 atom stereocenters. The topological polar surface area (TPSA) is 101 Å². The predicted molar refractivity (Wildman–Crippen MR) is 76.4 cm³/mol. The molecule has 0 fully saturated rings. The van der Waals surface area contributed by atoms with E-state index in [1.54, 1.807) is 6.92 Å². The van der Waals surface area contributed by atoms with E-state index in [0.29, 0.717) is 6.54 Å². The van der Waals surface area contributed by atoms with Crippen LogP contribution in [0, 0.1) is 10.1 Å². The summed E-state index contributed by atoms with van der Waals surface area (Å²) >= 11 is 3.04. The number of nitro benzene ring substituents is 1. The number of halogens is 1. The number of amides is 2. The first-order chi connectivity index (χ1) is 9.36. The number of carbonyl (C=O) groups excluding carboxylic acids is 2. The minimum Gasteiger partial charge on any atom is -0.355 e. The second kappa shape index (κ2) is 6.99.